The molecule has 0 aromatic rings. The zero-order valence-electron chi connectivity index (χ0n) is 19.2. The van der Waals surface area contributed by atoms with Gasteiger partial charge in [-0.05, 0) is 38.0 Å². The van der Waals surface area contributed by atoms with Crippen LogP contribution in [-0.2, 0) is 28.5 Å². The van der Waals surface area contributed by atoms with Crippen LogP contribution in [0.2, 0.25) is 0 Å². The third-order valence-electron chi connectivity index (χ3n) is 11.2. The summed E-state index contributed by atoms with van der Waals surface area (Å²) in [5, 5.41) is 9.93. The second-order valence-electron chi connectivity index (χ2n) is 12.4. The minimum absolute atomic E-state index is 0.0509. The van der Waals surface area contributed by atoms with Crippen LogP contribution in [0, 0.1) is 33.5 Å². The van der Waals surface area contributed by atoms with Gasteiger partial charge in [-0.2, -0.15) is 0 Å². The molecule has 4 aliphatic heterocycles. The van der Waals surface area contributed by atoms with E-state index in [-0.39, 0.29) is 35.2 Å². The molecule has 33 heavy (non-hydrogen) atoms. The van der Waals surface area contributed by atoms with Gasteiger partial charge in [-0.25, -0.2) is 4.79 Å². The minimum atomic E-state index is -1.19. The number of aliphatic hydroxyl groups excluding tert-OH is 1. The van der Waals surface area contributed by atoms with Gasteiger partial charge < -0.3 is 24.1 Å². The van der Waals surface area contributed by atoms with E-state index in [4.69, 9.17) is 18.9 Å². The molecule has 0 amide bonds. The van der Waals surface area contributed by atoms with E-state index in [2.05, 4.69) is 33.8 Å². The number of carbonyl (C=O) groups excluding carboxylic acids is 2. The summed E-state index contributed by atoms with van der Waals surface area (Å²) >= 11 is 0. The van der Waals surface area contributed by atoms with Gasteiger partial charge in [-0.1, -0.05) is 26.8 Å². The van der Waals surface area contributed by atoms with Crippen molar-refractivity contribution in [3.8, 4) is 0 Å². The highest BCUT2D eigenvalue weighted by Gasteiger charge is 2.96. The number of ketones is 1. The quantitative estimate of drug-likeness (QED) is 0.481. The predicted octanol–water partition coefficient (Wildman–Crippen LogP) is 2.19. The maximum absolute atomic E-state index is 13.7. The number of hydrogen-bond acceptors (Lipinski definition) is 7. The molecule has 7 nitrogen and oxygen atoms in total. The maximum atomic E-state index is 13.7. The van der Waals surface area contributed by atoms with Crippen molar-refractivity contribution in [2.75, 3.05) is 6.61 Å². The lowest BCUT2D eigenvalue weighted by Crippen LogP contribution is -2.71. The lowest BCUT2D eigenvalue weighted by Gasteiger charge is -2.60. The van der Waals surface area contributed by atoms with Crippen LogP contribution in [-0.4, -0.2) is 53.2 Å². The van der Waals surface area contributed by atoms with Gasteiger partial charge in [0.2, 0.25) is 6.29 Å². The summed E-state index contributed by atoms with van der Waals surface area (Å²) in [6, 6.07) is 0. The molecule has 3 saturated heterocycles. The molecule has 1 unspecified atom stereocenters. The van der Waals surface area contributed by atoms with E-state index in [0.29, 0.717) is 25.0 Å². The van der Waals surface area contributed by atoms with Crippen molar-refractivity contribution in [1.29, 1.82) is 0 Å². The summed E-state index contributed by atoms with van der Waals surface area (Å²) in [7, 11) is 0. The minimum Gasteiger partial charge on any atom is -0.497 e. The monoisotopic (exact) mass is 452 g/mol. The number of ether oxygens (including phenoxy) is 4. The van der Waals surface area contributed by atoms with Crippen LogP contribution >= 0.6 is 0 Å². The van der Waals surface area contributed by atoms with Gasteiger partial charge in [-0.15, -0.1) is 0 Å². The smallest absolute Gasteiger partial charge is 0.336 e. The third-order valence-corrected chi connectivity index (χ3v) is 11.2. The number of epoxide rings is 2. The zero-order valence-corrected chi connectivity index (χ0v) is 19.2. The van der Waals surface area contributed by atoms with Gasteiger partial charge in [0, 0.05) is 28.2 Å². The van der Waals surface area contributed by atoms with Gasteiger partial charge >= 0.3 is 5.97 Å². The Morgan fingerprint density at radius 2 is 1.82 bits per heavy atom. The summed E-state index contributed by atoms with van der Waals surface area (Å²) in [6.45, 7) is 9.18. The Morgan fingerprint density at radius 3 is 2.55 bits per heavy atom. The van der Waals surface area contributed by atoms with Crippen molar-refractivity contribution in [3.63, 3.8) is 0 Å². The maximum Gasteiger partial charge on any atom is 0.336 e. The number of rotatable bonds is 1. The Kier molecular flexibility index (Phi) is 2.86. The van der Waals surface area contributed by atoms with Gasteiger partial charge in [0.25, 0.3) is 0 Å². The molecular formula is C26H28O7. The van der Waals surface area contributed by atoms with E-state index in [0.717, 1.165) is 5.76 Å². The summed E-state index contributed by atoms with van der Waals surface area (Å²) < 4.78 is 24.7. The van der Waals surface area contributed by atoms with E-state index < -0.39 is 39.7 Å². The number of esters is 1. The second kappa shape index (κ2) is 4.88. The summed E-state index contributed by atoms with van der Waals surface area (Å²) in [5.41, 5.74) is -2.67. The van der Waals surface area contributed by atoms with Gasteiger partial charge in [0.05, 0.1) is 35.4 Å². The Bertz CT molecular complexity index is 1190. The Balaban J connectivity index is 1.34. The Hall–Kier alpha value is -1.96. The van der Waals surface area contributed by atoms with Crippen molar-refractivity contribution in [2.45, 2.75) is 70.2 Å². The number of hydrogen-bond donors (Lipinski definition) is 1. The Morgan fingerprint density at radius 1 is 1.06 bits per heavy atom. The summed E-state index contributed by atoms with van der Waals surface area (Å²) in [4.78, 5) is 26.3. The van der Waals surface area contributed by atoms with Crippen molar-refractivity contribution in [1.82, 2.24) is 0 Å². The SMILES string of the molecule is C[C@@]12C=C3OC[C@]4(C)C=CC(=O)[C@@](C)([C@@H]34)[C@@]13O[C@H]3C[C@@]1(C)[C@H](C3=CC(O)OC3=O)C[C@H]3O[C@@]321. The zero-order chi connectivity index (χ0) is 23.0. The molecule has 0 aromatic carbocycles. The first-order chi connectivity index (χ1) is 15.5. The molecule has 4 aliphatic carbocycles. The largest absolute Gasteiger partial charge is 0.497 e. The average Bonchev–Trinajstić information content (AvgIpc) is 3.56. The van der Waals surface area contributed by atoms with Crippen LogP contribution < -0.4 is 0 Å². The number of allylic oxidation sites excluding steroid dienone is 2. The average molecular weight is 453 g/mol. The van der Waals surface area contributed by atoms with Gasteiger partial charge in [0.1, 0.15) is 11.2 Å². The van der Waals surface area contributed by atoms with Crippen LogP contribution in [0.4, 0.5) is 0 Å². The van der Waals surface area contributed by atoms with Crippen LogP contribution in [0.15, 0.2) is 35.6 Å². The molecular weight excluding hydrogens is 424 g/mol. The molecule has 8 aliphatic rings. The molecule has 0 aromatic heterocycles. The first-order valence-electron chi connectivity index (χ1n) is 12.0. The number of aliphatic hydroxyl groups is 1. The lowest BCUT2D eigenvalue weighted by molar-refractivity contribution is -0.155. The van der Waals surface area contributed by atoms with E-state index in [9.17, 15) is 14.7 Å². The van der Waals surface area contributed by atoms with Gasteiger partial charge in [-0.3, -0.25) is 4.79 Å². The fourth-order valence-electron chi connectivity index (χ4n) is 10.1. The van der Waals surface area contributed by atoms with Crippen LogP contribution in [0.3, 0.4) is 0 Å². The molecule has 174 valence electrons. The summed E-state index contributed by atoms with van der Waals surface area (Å²) in [6.07, 6.45) is 7.59. The molecule has 7 heteroatoms. The van der Waals surface area contributed by atoms with Crippen molar-refractivity contribution >= 4 is 11.8 Å². The fourth-order valence-corrected chi connectivity index (χ4v) is 10.1. The molecule has 11 atom stereocenters. The highest BCUT2D eigenvalue weighted by molar-refractivity contribution is 5.99. The first-order valence-corrected chi connectivity index (χ1v) is 12.0. The predicted molar refractivity (Wildman–Crippen MR) is 112 cm³/mol. The summed E-state index contributed by atoms with van der Waals surface area (Å²) in [5.74, 6) is 0.387. The molecule has 2 spiro atoms. The van der Waals surface area contributed by atoms with Crippen molar-refractivity contribution in [2.24, 2.45) is 33.5 Å². The van der Waals surface area contributed by atoms with E-state index in [1.165, 1.54) is 0 Å². The first kappa shape index (κ1) is 19.4. The van der Waals surface area contributed by atoms with Gasteiger partial charge in [0.15, 0.2) is 5.78 Å². The normalized spacial score (nSPS) is 62.8. The van der Waals surface area contributed by atoms with Crippen molar-refractivity contribution < 1.29 is 33.6 Å². The van der Waals surface area contributed by atoms with E-state index in [1.54, 1.807) is 12.2 Å². The Labute approximate surface area is 191 Å². The topological polar surface area (TPSA) is 97.9 Å². The van der Waals surface area contributed by atoms with E-state index in [1.807, 2.05) is 6.08 Å². The standard InChI is InChI=1S/C26H28O7/c1-21-6-5-15(27)24(4)19(21)14(30-11-21)9-23(3)25-16(32-25)8-13(12-7-18(28)31-20(12)29)22(25,2)10-17-26(23,24)33-17/h5-7,9,13,16-19,28H,8,10-11H2,1-4H3/t13-,16+,17-,18?,19-,21-,22-,23-,24-,25+,26-/m0/s1. The van der Waals surface area contributed by atoms with Crippen LogP contribution in [0.5, 0.6) is 0 Å². The van der Waals surface area contributed by atoms with Crippen molar-refractivity contribution in [3.05, 3.63) is 35.6 Å². The van der Waals surface area contributed by atoms with E-state index >= 15 is 0 Å². The second-order valence-corrected chi connectivity index (χ2v) is 12.4. The van der Waals surface area contributed by atoms with Crippen LogP contribution in [0.1, 0.15) is 40.5 Å². The molecule has 5 fully saturated rings. The molecule has 8 rings (SSSR count). The number of carbonyl (C=O) groups is 2. The lowest BCUT2D eigenvalue weighted by atomic mass is 9.38. The molecule has 0 bridgehead atoms. The molecule has 2 saturated carbocycles. The highest BCUT2D eigenvalue weighted by atomic mass is 16.7. The molecule has 4 heterocycles. The molecule has 1 N–H and O–H groups in total. The highest BCUT2D eigenvalue weighted by Crippen LogP contribution is 2.87. The number of cyclic esters (lactones) is 1. The van der Waals surface area contributed by atoms with Crippen LogP contribution in [0.25, 0.3) is 0 Å². The molecule has 0 radical (unpaired) electrons. The fraction of sp³-hybridized carbons (Fsp3) is 0.692. The third kappa shape index (κ3) is 1.59.